The molecule has 1 aliphatic carbocycles. The van der Waals surface area contributed by atoms with Gasteiger partial charge in [0.1, 0.15) is 17.5 Å². The number of methoxy groups -OCH3 is 1. The molecule has 2 amide bonds. The number of hydrogen-bond donors (Lipinski definition) is 1. The van der Waals surface area contributed by atoms with E-state index in [9.17, 15) is 9.59 Å². The summed E-state index contributed by atoms with van der Waals surface area (Å²) in [6, 6.07) is 13.2. The average molecular weight is 453 g/mol. The van der Waals surface area contributed by atoms with Gasteiger partial charge in [0.25, 0.3) is 5.91 Å². The van der Waals surface area contributed by atoms with Crippen LogP contribution in [-0.4, -0.2) is 42.5 Å². The molecular formula is C27H36N2O4. The van der Waals surface area contributed by atoms with E-state index in [2.05, 4.69) is 5.32 Å². The number of carbonyl (C=O) groups is 2. The van der Waals surface area contributed by atoms with Crippen LogP contribution in [0.3, 0.4) is 0 Å². The Morgan fingerprint density at radius 2 is 1.88 bits per heavy atom. The molecule has 1 saturated carbocycles. The van der Waals surface area contributed by atoms with Gasteiger partial charge in [-0.1, -0.05) is 44.0 Å². The van der Waals surface area contributed by atoms with Crippen LogP contribution in [0.5, 0.6) is 11.5 Å². The Hall–Kier alpha value is -3.02. The number of carbonyl (C=O) groups excluding carboxylic acids is 2. The van der Waals surface area contributed by atoms with E-state index in [1.165, 1.54) is 0 Å². The van der Waals surface area contributed by atoms with E-state index in [0.717, 1.165) is 48.1 Å². The SMILES string of the molecule is CC[C@@H](C(=O)NC1CCCC1)N(Cc1cccc(OC)c1)C(=O)COc1cc(C)ccc1C. The van der Waals surface area contributed by atoms with Gasteiger partial charge in [0.2, 0.25) is 5.91 Å². The number of benzene rings is 2. The highest BCUT2D eigenvalue weighted by atomic mass is 16.5. The highest BCUT2D eigenvalue weighted by Crippen LogP contribution is 2.22. The predicted octanol–water partition coefficient (Wildman–Crippen LogP) is 4.56. The van der Waals surface area contributed by atoms with Crippen LogP contribution in [0, 0.1) is 13.8 Å². The monoisotopic (exact) mass is 452 g/mol. The molecule has 0 heterocycles. The molecule has 2 aromatic carbocycles. The van der Waals surface area contributed by atoms with Crippen LogP contribution in [0.4, 0.5) is 0 Å². The number of hydrogen-bond acceptors (Lipinski definition) is 4. The summed E-state index contributed by atoms with van der Waals surface area (Å²) in [5.41, 5.74) is 2.94. The maximum Gasteiger partial charge on any atom is 0.261 e. The highest BCUT2D eigenvalue weighted by Gasteiger charge is 2.31. The van der Waals surface area contributed by atoms with Crippen molar-refractivity contribution in [1.82, 2.24) is 10.2 Å². The average Bonchev–Trinajstić information content (AvgIpc) is 3.32. The standard InChI is InChI=1S/C27H36N2O4/c1-5-24(27(31)28-22-10-6-7-11-22)29(17-21-9-8-12-23(16-21)32-4)26(30)18-33-25-15-19(2)13-14-20(25)3/h8-9,12-16,22,24H,5-7,10-11,17-18H2,1-4H3,(H,28,31)/t24-/m0/s1. The first-order valence-corrected chi connectivity index (χ1v) is 11.8. The van der Waals surface area contributed by atoms with Gasteiger partial charge in [-0.05, 0) is 68.0 Å². The second-order valence-electron chi connectivity index (χ2n) is 8.84. The molecule has 33 heavy (non-hydrogen) atoms. The quantitative estimate of drug-likeness (QED) is 0.574. The van der Waals surface area contributed by atoms with Gasteiger partial charge in [-0.15, -0.1) is 0 Å². The van der Waals surface area contributed by atoms with Crippen LogP contribution in [0.15, 0.2) is 42.5 Å². The molecule has 0 saturated heterocycles. The zero-order valence-corrected chi connectivity index (χ0v) is 20.2. The van der Waals surface area contributed by atoms with Crippen molar-refractivity contribution < 1.29 is 19.1 Å². The molecule has 1 atom stereocenters. The van der Waals surface area contributed by atoms with Crippen molar-refractivity contribution in [2.75, 3.05) is 13.7 Å². The first kappa shape index (κ1) is 24.6. The number of aryl methyl sites for hydroxylation is 2. The van der Waals surface area contributed by atoms with Gasteiger partial charge in [0.05, 0.1) is 7.11 Å². The van der Waals surface area contributed by atoms with E-state index >= 15 is 0 Å². The van der Waals surface area contributed by atoms with E-state index in [0.29, 0.717) is 18.7 Å². The van der Waals surface area contributed by atoms with Crippen molar-refractivity contribution in [3.8, 4) is 11.5 Å². The van der Waals surface area contributed by atoms with Gasteiger partial charge in [0, 0.05) is 12.6 Å². The summed E-state index contributed by atoms with van der Waals surface area (Å²) in [5, 5.41) is 3.17. The summed E-state index contributed by atoms with van der Waals surface area (Å²) in [7, 11) is 1.62. The van der Waals surface area contributed by atoms with Crippen LogP contribution < -0.4 is 14.8 Å². The van der Waals surface area contributed by atoms with Crippen LogP contribution in [0.25, 0.3) is 0 Å². The van der Waals surface area contributed by atoms with E-state index in [1.807, 2.05) is 63.2 Å². The fraction of sp³-hybridized carbons (Fsp3) is 0.481. The Labute approximate surface area is 197 Å². The lowest BCUT2D eigenvalue weighted by Crippen LogP contribution is -2.52. The molecule has 6 heteroatoms. The largest absolute Gasteiger partial charge is 0.497 e. The fourth-order valence-corrected chi connectivity index (χ4v) is 4.34. The summed E-state index contributed by atoms with van der Waals surface area (Å²) in [6.45, 7) is 6.07. The molecule has 0 aromatic heterocycles. The summed E-state index contributed by atoms with van der Waals surface area (Å²) in [6.07, 6.45) is 4.80. The Balaban J connectivity index is 1.79. The van der Waals surface area contributed by atoms with E-state index in [4.69, 9.17) is 9.47 Å². The molecule has 1 aliphatic rings. The molecule has 0 spiro atoms. The number of nitrogens with zero attached hydrogens (tertiary/aromatic N) is 1. The Bertz CT molecular complexity index is 953. The maximum atomic E-state index is 13.4. The third-order valence-electron chi connectivity index (χ3n) is 6.27. The topological polar surface area (TPSA) is 67.9 Å². The first-order valence-electron chi connectivity index (χ1n) is 11.8. The van der Waals surface area contributed by atoms with Gasteiger partial charge in [-0.25, -0.2) is 0 Å². The normalized spacial score (nSPS) is 14.5. The molecule has 0 unspecified atom stereocenters. The minimum atomic E-state index is -0.563. The smallest absolute Gasteiger partial charge is 0.261 e. The zero-order chi connectivity index (χ0) is 23.8. The molecule has 1 N–H and O–H groups in total. The van der Waals surface area contributed by atoms with Crippen LogP contribution in [-0.2, 0) is 16.1 Å². The third kappa shape index (κ3) is 6.73. The minimum Gasteiger partial charge on any atom is -0.497 e. The molecule has 3 rings (SSSR count). The molecule has 0 radical (unpaired) electrons. The maximum absolute atomic E-state index is 13.4. The molecule has 0 aliphatic heterocycles. The van der Waals surface area contributed by atoms with Crippen molar-refractivity contribution in [3.05, 3.63) is 59.2 Å². The van der Waals surface area contributed by atoms with Crippen molar-refractivity contribution in [1.29, 1.82) is 0 Å². The summed E-state index contributed by atoms with van der Waals surface area (Å²) >= 11 is 0. The summed E-state index contributed by atoms with van der Waals surface area (Å²) in [5.74, 6) is 1.10. The molecule has 1 fully saturated rings. The lowest BCUT2D eigenvalue weighted by molar-refractivity contribution is -0.143. The van der Waals surface area contributed by atoms with Gasteiger partial charge >= 0.3 is 0 Å². The van der Waals surface area contributed by atoms with Gasteiger partial charge in [-0.2, -0.15) is 0 Å². The molecule has 2 aromatic rings. The van der Waals surface area contributed by atoms with Crippen LogP contribution >= 0.6 is 0 Å². The molecule has 178 valence electrons. The van der Waals surface area contributed by atoms with Crippen molar-refractivity contribution >= 4 is 11.8 Å². The van der Waals surface area contributed by atoms with Gasteiger partial charge in [0.15, 0.2) is 6.61 Å². The van der Waals surface area contributed by atoms with Gasteiger partial charge in [-0.3, -0.25) is 9.59 Å². The molecule has 6 nitrogen and oxygen atoms in total. The zero-order valence-electron chi connectivity index (χ0n) is 20.2. The van der Waals surface area contributed by atoms with Crippen LogP contribution in [0.1, 0.15) is 55.7 Å². The lowest BCUT2D eigenvalue weighted by atomic mass is 10.1. The second kappa shape index (κ2) is 11.7. The third-order valence-corrected chi connectivity index (χ3v) is 6.27. The Kier molecular flexibility index (Phi) is 8.75. The number of nitrogens with one attached hydrogen (secondary N) is 1. The lowest BCUT2D eigenvalue weighted by Gasteiger charge is -2.31. The van der Waals surface area contributed by atoms with Gasteiger partial charge < -0.3 is 19.7 Å². The van der Waals surface area contributed by atoms with E-state index < -0.39 is 6.04 Å². The minimum absolute atomic E-state index is 0.0904. The number of rotatable bonds is 10. The van der Waals surface area contributed by atoms with E-state index in [1.54, 1.807) is 12.0 Å². The van der Waals surface area contributed by atoms with Crippen molar-refractivity contribution in [3.63, 3.8) is 0 Å². The first-order chi connectivity index (χ1) is 15.9. The molecule has 0 bridgehead atoms. The summed E-state index contributed by atoms with van der Waals surface area (Å²) in [4.78, 5) is 28.2. The Morgan fingerprint density at radius 3 is 2.58 bits per heavy atom. The Morgan fingerprint density at radius 1 is 1.12 bits per heavy atom. The molecular weight excluding hydrogens is 416 g/mol. The highest BCUT2D eigenvalue weighted by molar-refractivity contribution is 5.88. The number of amides is 2. The van der Waals surface area contributed by atoms with Crippen molar-refractivity contribution in [2.24, 2.45) is 0 Å². The second-order valence-corrected chi connectivity index (χ2v) is 8.84. The van der Waals surface area contributed by atoms with Crippen LogP contribution in [0.2, 0.25) is 0 Å². The van der Waals surface area contributed by atoms with E-state index in [-0.39, 0.29) is 24.5 Å². The summed E-state index contributed by atoms with van der Waals surface area (Å²) < 4.78 is 11.2. The fourth-order valence-electron chi connectivity index (χ4n) is 4.34. The predicted molar refractivity (Wildman–Crippen MR) is 129 cm³/mol. The number of ether oxygens (including phenoxy) is 2. The van der Waals surface area contributed by atoms with Crippen molar-refractivity contribution in [2.45, 2.75) is 71.5 Å².